The molecule has 0 saturated carbocycles. The molecule has 1 rings (SSSR count). The fourth-order valence-electron chi connectivity index (χ4n) is 0.898. The van der Waals surface area contributed by atoms with Crippen molar-refractivity contribution in [1.29, 1.82) is 0 Å². The summed E-state index contributed by atoms with van der Waals surface area (Å²) in [6.45, 7) is 1.46. The van der Waals surface area contributed by atoms with E-state index in [0.29, 0.717) is 0 Å². The van der Waals surface area contributed by atoms with Crippen molar-refractivity contribution in [3.05, 3.63) is 0 Å². The summed E-state index contributed by atoms with van der Waals surface area (Å²) in [5.74, 6) is -0.826. The SMILES string of the molecule is CS(=O)(=O)CC(=O)NC1CNC1. The van der Waals surface area contributed by atoms with E-state index in [9.17, 15) is 13.2 Å². The Balaban J connectivity index is 2.29. The normalized spacial score (nSPS) is 18.4. The van der Waals surface area contributed by atoms with Crippen molar-refractivity contribution in [1.82, 2.24) is 10.6 Å². The van der Waals surface area contributed by atoms with Crippen molar-refractivity contribution in [2.24, 2.45) is 0 Å². The molecule has 0 aromatic heterocycles. The van der Waals surface area contributed by atoms with E-state index < -0.39 is 21.5 Å². The first-order valence-electron chi connectivity index (χ1n) is 3.65. The van der Waals surface area contributed by atoms with Gasteiger partial charge in [0, 0.05) is 19.3 Å². The average Bonchev–Trinajstić information content (AvgIpc) is 1.74. The zero-order chi connectivity index (χ0) is 9.19. The van der Waals surface area contributed by atoms with E-state index in [-0.39, 0.29) is 6.04 Å². The van der Waals surface area contributed by atoms with Gasteiger partial charge in [-0.1, -0.05) is 0 Å². The van der Waals surface area contributed by atoms with E-state index in [1.807, 2.05) is 0 Å². The second-order valence-electron chi connectivity index (χ2n) is 2.99. The Bertz CT molecular complexity index is 269. The summed E-state index contributed by atoms with van der Waals surface area (Å²) in [5.41, 5.74) is 0. The molecule has 0 aliphatic carbocycles. The monoisotopic (exact) mass is 192 g/mol. The Morgan fingerprint density at radius 2 is 2.17 bits per heavy atom. The lowest BCUT2D eigenvalue weighted by Crippen LogP contribution is -2.57. The summed E-state index contributed by atoms with van der Waals surface area (Å²) in [4.78, 5) is 10.9. The van der Waals surface area contributed by atoms with Crippen LogP contribution in [0.4, 0.5) is 0 Å². The molecule has 70 valence electrons. The van der Waals surface area contributed by atoms with E-state index >= 15 is 0 Å². The average molecular weight is 192 g/mol. The van der Waals surface area contributed by atoms with Gasteiger partial charge in [-0.15, -0.1) is 0 Å². The van der Waals surface area contributed by atoms with Crippen LogP contribution in [0.25, 0.3) is 0 Å². The summed E-state index contributed by atoms with van der Waals surface area (Å²) in [6, 6.07) is 0.110. The minimum Gasteiger partial charge on any atom is -0.350 e. The standard InChI is InChI=1S/C6H12N2O3S/c1-12(10,11)4-6(9)8-5-2-7-3-5/h5,7H,2-4H2,1H3,(H,8,9). The van der Waals surface area contributed by atoms with Crippen LogP contribution >= 0.6 is 0 Å². The van der Waals surface area contributed by atoms with Gasteiger partial charge in [0.1, 0.15) is 5.75 Å². The molecule has 1 fully saturated rings. The molecular weight excluding hydrogens is 180 g/mol. The van der Waals surface area contributed by atoms with Crippen molar-refractivity contribution in [3.63, 3.8) is 0 Å². The molecule has 1 aliphatic rings. The van der Waals surface area contributed by atoms with Crippen LogP contribution in [-0.2, 0) is 14.6 Å². The lowest BCUT2D eigenvalue weighted by Gasteiger charge is -2.27. The maximum Gasteiger partial charge on any atom is 0.235 e. The Morgan fingerprint density at radius 1 is 1.58 bits per heavy atom. The van der Waals surface area contributed by atoms with E-state index in [2.05, 4.69) is 10.6 Å². The molecule has 1 amide bonds. The molecule has 0 bridgehead atoms. The minimum absolute atomic E-state index is 0.110. The number of hydrogen-bond donors (Lipinski definition) is 2. The number of hydrogen-bond acceptors (Lipinski definition) is 4. The Hall–Kier alpha value is -0.620. The third-order valence-corrected chi connectivity index (χ3v) is 2.33. The first-order valence-corrected chi connectivity index (χ1v) is 5.71. The topological polar surface area (TPSA) is 75.3 Å². The zero-order valence-electron chi connectivity index (χ0n) is 6.83. The van der Waals surface area contributed by atoms with Gasteiger partial charge in [-0.2, -0.15) is 0 Å². The number of carbonyl (C=O) groups excluding carboxylic acids is 1. The van der Waals surface area contributed by atoms with Crippen LogP contribution in [0.5, 0.6) is 0 Å². The molecule has 6 heteroatoms. The highest BCUT2D eigenvalue weighted by Gasteiger charge is 2.20. The number of carbonyl (C=O) groups is 1. The van der Waals surface area contributed by atoms with E-state index in [1.165, 1.54) is 0 Å². The van der Waals surface area contributed by atoms with Crippen molar-refractivity contribution in [2.45, 2.75) is 6.04 Å². The third-order valence-electron chi connectivity index (χ3n) is 1.54. The summed E-state index contributed by atoms with van der Waals surface area (Å²) in [7, 11) is -3.19. The van der Waals surface area contributed by atoms with Gasteiger partial charge >= 0.3 is 0 Å². The maximum absolute atomic E-state index is 10.9. The van der Waals surface area contributed by atoms with Crippen LogP contribution in [0.2, 0.25) is 0 Å². The van der Waals surface area contributed by atoms with Crippen LogP contribution in [0.15, 0.2) is 0 Å². The van der Waals surface area contributed by atoms with Gasteiger partial charge in [0.2, 0.25) is 5.91 Å². The molecule has 0 spiro atoms. The van der Waals surface area contributed by atoms with Gasteiger partial charge in [-0.05, 0) is 0 Å². The Labute approximate surface area is 71.4 Å². The summed E-state index contributed by atoms with van der Waals surface area (Å²) in [5, 5.41) is 5.56. The Kier molecular flexibility index (Phi) is 2.69. The molecule has 1 saturated heterocycles. The quantitative estimate of drug-likeness (QED) is 0.549. The third kappa shape index (κ3) is 3.19. The van der Waals surface area contributed by atoms with E-state index in [1.54, 1.807) is 0 Å². The van der Waals surface area contributed by atoms with Crippen LogP contribution in [-0.4, -0.2) is 45.5 Å². The summed E-state index contributed by atoms with van der Waals surface area (Å²) in [6.07, 6.45) is 1.05. The molecule has 1 aliphatic heterocycles. The van der Waals surface area contributed by atoms with Gasteiger partial charge in [0.05, 0.1) is 6.04 Å². The second kappa shape index (κ2) is 3.40. The maximum atomic E-state index is 10.9. The highest BCUT2D eigenvalue weighted by Crippen LogP contribution is 1.91. The number of rotatable bonds is 3. The molecule has 1 heterocycles. The number of sulfone groups is 1. The Morgan fingerprint density at radius 3 is 2.50 bits per heavy atom. The molecule has 0 aromatic carbocycles. The molecule has 12 heavy (non-hydrogen) atoms. The smallest absolute Gasteiger partial charge is 0.235 e. The van der Waals surface area contributed by atoms with Gasteiger partial charge in [-0.25, -0.2) is 8.42 Å². The number of nitrogens with one attached hydrogen (secondary N) is 2. The zero-order valence-corrected chi connectivity index (χ0v) is 7.65. The predicted octanol–water partition coefficient (Wildman–Crippen LogP) is -1.88. The van der Waals surface area contributed by atoms with Gasteiger partial charge < -0.3 is 10.6 Å². The molecular formula is C6H12N2O3S. The fraction of sp³-hybridized carbons (Fsp3) is 0.833. The molecule has 0 radical (unpaired) electrons. The van der Waals surface area contributed by atoms with Crippen molar-refractivity contribution in [2.75, 3.05) is 25.1 Å². The van der Waals surface area contributed by atoms with Crippen LogP contribution < -0.4 is 10.6 Å². The predicted molar refractivity (Wildman–Crippen MR) is 44.5 cm³/mol. The van der Waals surface area contributed by atoms with Crippen molar-refractivity contribution < 1.29 is 13.2 Å². The minimum atomic E-state index is -3.19. The van der Waals surface area contributed by atoms with Crippen LogP contribution in [0.1, 0.15) is 0 Å². The molecule has 0 unspecified atom stereocenters. The lowest BCUT2D eigenvalue weighted by molar-refractivity contribution is -0.119. The lowest BCUT2D eigenvalue weighted by atomic mass is 10.2. The van der Waals surface area contributed by atoms with Crippen molar-refractivity contribution in [3.8, 4) is 0 Å². The van der Waals surface area contributed by atoms with Gasteiger partial charge in [0.15, 0.2) is 9.84 Å². The highest BCUT2D eigenvalue weighted by molar-refractivity contribution is 7.91. The molecule has 0 aromatic rings. The first-order chi connectivity index (χ1) is 5.47. The molecule has 5 nitrogen and oxygen atoms in total. The van der Waals surface area contributed by atoms with Gasteiger partial charge in [-0.3, -0.25) is 4.79 Å². The highest BCUT2D eigenvalue weighted by atomic mass is 32.2. The molecule has 2 N–H and O–H groups in total. The van der Waals surface area contributed by atoms with Crippen LogP contribution in [0.3, 0.4) is 0 Å². The second-order valence-corrected chi connectivity index (χ2v) is 5.13. The summed E-state index contributed by atoms with van der Waals surface area (Å²) >= 11 is 0. The number of amides is 1. The first kappa shape index (κ1) is 9.47. The summed E-state index contributed by atoms with van der Waals surface area (Å²) < 4.78 is 21.3. The van der Waals surface area contributed by atoms with E-state index in [0.717, 1.165) is 19.3 Å². The van der Waals surface area contributed by atoms with Crippen molar-refractivity contribution >= 4 is 15.7 Å². The molecule has 0 atom stereocenters. The van der Waals surface area contributed by atoms with Crippen LogP contribution in [0, 0.1) is 0 Å². The largest absolute Gasteiger partial charge is 0.350 e. The fourth-order valence-corrected chi connectivity index (χ4v) is 1.46. The van der Waals surface area contributed by atoms with Gasteiger partial charge in [0.25, 0.3) is 0 Å². The van der Waals surface area contributed by atoms with E-state index in [4.69, 9.17) is 0 Å².